The smallest absolute Gasteiger partial charge is 0.446 e. The highest BCUT2D eigenvalue weighted by Gasteiger charge is 2.29. The number of hydrogen-bond donors (Lipinski definition) is 1. The van der Waals surface area contributed by atoms with E-state index in [0.717, 1.165) is 12.1 Å². The molecule has 92 valence electrons. The summed E-state index contributed by atoms with van der Waals surface area (Å²) in [5, 5.41) is 8.38. The lowest BCUT2D eigenvalue weighted by atomic mass is 10.1. The Morgan fingerprint density at radius 1 is 1.18 bits per heavy atom. The molecule has 1 rings (SSSR count). The first kappa shape index (κ1) is 13.6. The van der Waals surface area contributed by atoms with Gasteiger partial charge < -0.3 is 5.11 Å². The van der Waals surface area contributed by atoms with Crippen molar-refractivity contribution < 1.29 is 27.9 Å². The first-order valence-electron chi connectivity index (χ1n) is 4.39. The topological polar surface area (TPSA) is 54.4 Å². The minimum Gasteiger partial charge on any atom is -0.481 e. The molecule has 0 aliphatic rings. The van der Waals surface area contributed by atoms with Gasteiger partial charge in [0, 0.05) is 10.5 Å². The number of carbonyl (C=O) groups is 2. The summed E-state index contributed by atoms with van der Waals surface area (Å²) in [6, 6.07) is 4.62. The molecule has 0 saturated heterocycles. The second-order valence-electron chi connectivity index (χ2n) is 3.07. The Bertz CT molecular complexity index is 425. The summed E-state index contributed by atoms with van der Waals surface area (Å²) in [7, 11) is 0. The molecule has 0 radical (unpaired) electrons. The van der Waals surface area contributed by atoms with Crippen molar-refractivity contribution in [3.05, 3.63) is 29.8 Å². The fraction of sp³-hybridized carbons (Fsp3) is 0.200. The zero-order valence-corrected chi connectivity index (χ0v) is 9.14. The van der Waals surface area contributed by atoms with Crippen LogP contribution in [0.5, 0.6) is 0 Å². The lowest BCUT2D eigenvalue weighted by Gasteiger charge is -2.05. The summed E-state index contributed by atoms with van der Waals surface area (Å²) < 4.78 is 36.0. The highest BCUT2D eigenvalue weighted by molar-refractivity contribution is 8.00. The van der Waals surface area contributed by atoms with Crippen LogP contribution in [0.4, 0.5) is 13.2 Å². The standard InChI is InChI=1S/C10H7F3O3S/c11-10(12,13)17-7-3-1-6(2-4-7)8(14)5-9(15)16/h1-4H,5H2,(H,15,16). The Morgan fingerprint density at radius 2 is 1.71 bits per heavy atom. The van der Waals surface area contributed by atoms with Crippen LogP contribution in [0.3, 0.4) is 0 Å². The van der Waals surface area contributed by atoms with Crippen molar-refractivity contribution in [3.63, 3.8) is 0 Å². The van der Waals surface area contributed by atoms with Crippen molar-refractivity contribution in [3.8, 4) is 0 Å². The minimum atomic E-state index is -4.38. The third kappa shape index (κ3) is 4.90. The van der Waals surface area contributed by atoms with Gasteiger partial charge in [0.1, 0.15) is 6.42 Å². The number of benzene rings is 1. The summed E-state index contributed by atoms with van der Waals surface area (Å²) >= 11 is -0.293. The number of thioether (sulfide) groups is 1. The lowest BCUT2D eigenvalue weighted by Crippen LogP contribution is -2.06. The molecule has 0 amide bonds. The van der Waals surface area contributed by atoms with Crippen LogP contribution < -0.4 is 0 Å². The van der Waals surface area contributed by atoms with E-state index in [1.165, 1.54) is 12.1 Å². The van der Waals surface area contributed by atoms with Gasteiger partial charge in [-0.2, -0.15) is 13.2 Å². The van der Waals surface area contributed by atoms with Crippen molar-refractivity contribution in [1.29, 1.82) is 0 Å². The van der Waals surface area contributed by atoms with E-state index in [1.807, 2.05) is 0 Å². The van der Waals surface area contributed by atoms with Crippen molar-refractivity contribution in [1.82, 2.24) is 0 Å². The third-order valence-electron chi connectivity index (χ3n) is 1.72. The van der Waals surface area contributed by atoms with Gasteiger partial charge in [0.05, 0.1) is 0 Å². The number of aliphatic carboxylic acids is 1. The number of hydrogen-bond acceptors (Lipinski definition) is 3. The Labute approximate surface area is 98.6 Å². The summed E-state index contributed by atoms with van der Waals surface area (Å²) in [5.74, 6) is -1.91. The monoisotopic (exact) mass is 264 g/mol. The van der Waals surface area contributed by atoms with Gasteiger partial charge in [0.25, 0.3) is 0 Å². The third-order valence-corrected chi connectivity index (χ3v) is 2.46. The van der Waals surface area contributed by atoms with Crippen LogP contribution in [-0.2, 0) is 4.79 Å². The van der Waals surface area contributed by atoms with Gasteiger partial charge in [-0.1, -0.05) is 12.1 Å². The molecule has 0 aromatic heterocycles. The van der Waals surface area contributed by atoms with Crippen LogP contribution in [0, 0.1) is 0 Å². The van der Waals surface area contributed by atoms with Crippen LogP contribution in [0.15, 0.2) is 29.2 Å². The maximum atomic E-state index is 12.0. The second kappa shape index (κ2) is 5.22. The molecule has 1 aromatic rings. The van der Waals surface area contributed by atoms with Gasteiger partial charge in [-0.25, -0.2) is 0 Å². The summed E-state index contributed by atoms with van der Waals surface area (Å²) in [4.78, 5) is 21.5. The Hall–Kier alpha value is -1.50. The first-order valence-corrected chi connectivity index (χ1v) is 5.20. The molecular weight excluding hydrogens is 257 g/mol. The van der Waals surface area contributed by atoms with Gasteiger partial charge in [-0.15, -0.1) is 0 Å². The van der Waals surface area contributed by atoms with Gasteiger partial charge >= 0.3 is 11.5 Å². The van der Waals surface area contributed by atoms with Crippen LogP contribution in [0.25, 0.3) is 0 Å². The molecule has 0 heterocycles. The van der Waals surface area contributed by atoms with Crippen molar-refractivity contribution in [2.45, 2.75) is 16.8 Å². The maximum Gasteiger partial charge on any atom is 0.446 e. The molecule has 7 heteroatoms. The van der Waals surface area contributed by atoms with E-state index in [9.17, 15) is 22.8 Å². The number of rotatable bonds is 4. The molecule has 0 fully saturated rings. The number of ketones is 1. The predicted molar refractivity (Wildman–Crippen MR) is 54.9 cm³/mol. The SMILES string of the molecule is O=C(O)CC(=O)c1ccc(SC(F)(F)F)cc1. The highest BCUT2D eigenvalue weighted by atomic mass is 32.2. The zero-order valence-electron chi connectivity index (χ0n) is 8.32. The van der Waals surface area contributed by atoms with E-state index in [-0.39, 0.29) is 22.2 Å². The van der Waals surface area contributed by atoms with Crippen LogP contribution in [0.1, 0.15) is 16.8 Å². The number of alkyl halides is 3. The number of halogens is 3. The minimum absolute atomic E-state index is 0.0515. The van der Waals surface area contributed by atoms with Gasteiger partial charge in [0.2, 0.25) is 0 Å². The maximum absolute atomic E-state index is 12.0. The summed E-state index contributed by atoms with van der Waals surface area (Å²) in [6.45, 7) is 0. The average molecular weight is 264 g/mol. The molecule has 0 spiro atoms. The fourth-order valence-corrected chi connectivity index (χ4v) is 1.62. The largest absolute Gasteiger partial charge is 0.481 e. The van der Waals surface area contributed by atoms with E-state index in [0.29, 0.717) is 0 Å². The van der Waals surface area contributed by atoms with Gasteiger partial charge in [-0.3, -0.25) is 9.59 Å². The molecular formula is C10H7F3O3S. The summed E-state index contributed by atoms with van der Waals surface area (Å²) in [6.07, 6.45) is -0.675. The fourth-order valence-electron chi connectivity index (χ4n) is 1.08. The van der Waals surface area contributed by atoms with Crippen LogP contribution in [0.2, 0.25) is 0 Å². The number of carbonyl (C=O) groups excluding carboxylic acids is 1. The number of carboxylic acid groups (broad SMARTS) is 1. The second-order valence-corrected chi connectivity index (χ2v) is 4.20. The van der Waals surface area contributed by atoms with Crippen LogP contribution >= 0.6 is 11.8 Å². The molecule has 17 heavy (non-hydrogen) atoms. The average Bonchev–Trinajstić information content (AvgIpc) is 2.15. The normalized spacial score (nSPS) is 11.2. The van der Waals surface area contributed by atoms with E-state index in [2.05, 4.69) is 0 Å². The highest BCUT2D eigenvalue weighted by Crippen LogP contribution is 2.36. The Morgan fingerprint density at radius 3 is 2.12 bits per heavy atom. The molecule has 0 unspecified atom stereocenters. The number of Topliss-reactive ketones (excluding diaryl/α,β-unsaturated/α-hetero) is 1. The molecule has 0 atom stereocenters. The molecule has 1 aromatic carbocycles. The molecule has 1 N–H and O–H groups in total. The van der Waals surface area contributed by atoms with E-state index >= 15 is 0 Å². The van der Waals surface area contributed by atoms with Crippen molar-refractivity contribution in [2.75, 3.05) is 0 Å². The number of carboxylic acids is 1. The molecule has 0 saturated carbocycles. The van der Waals surface area contributed by atoms with E-state index < -0.39 is 23.7 Å². The van der Waals surface area contributed by atoms with Crippen LogP contribution in [-0.4, -0.2) is 22.4 Å². The molecule has 0 aliphatic heterocycles. The zero-order chi connectivity index (χ0) is 13.1. The Balaban J connectivity index is 2.74. The van der Waals surface area contributed by atoms with E-state index in [1.54, 1.807) is 0 Å². The van der Waals surface area contributed by atoms with Crippen molar-refractivity contribution >= 4 is 23.5 Å². The quantitative estimate of drug-likeness (QED) is 0.516. The van der Waals surface area contributed by atoms with E-state index in [4.69, 9.17) is 5.11 Å². The predicted octanol–water partition coefficient (Wildman–Crippen LogP) is 2.96. The molecule has 0 aliphatic carbocycles. The van der Waals surface area contributed by atoms with Gasteiger partial charge in [-0.05, 0) is 23.9 Å². The Kier molecular flexibility index (Phi) is 4.17. The van der Waals surface area contributed by atoms with Crippen molar-refractivity contribution in [2.24, 2.45) is 0 Å². The molecule has 0 bridgehead atoms. The summed E-state index contributed by atoms with van der Waals surface area (Å²) in [5.41, 5.74) is -4.30. The molecule has 3 nitrogen and oxygen atoms in total. The van der Waals surface area contributed by atoms with Gasteiger partial charge in [0.15, 0.2) is 5.78 Å². The first-order chi connectivity index (χ1) is 7.78. The lowest BCUT2D eigenvalue weighted by molar-refractivity contribution is -0.135.